The first kappa shape index (κ1) is 18.9. The van der Waals surface area contributed by atoms with E-state index < -0.39 is 5.78 Å². The monoisotopic (exact) mass is 411 g/mol. The van der Waals surface area contributed by atoms with Gasteiger partial charge in [0.25, 0.3) is 0 Å². The zero-order valence-corrected chi connectivity index (χ0v) is 16.5. The predicted molar refractivity (Wildman–Crippen MR) is 111 cm³/mol. The number of nitrogens with one attached hydrogen (secondary N) is 1. The van der Waals surface area contributed by atoms with Gasteiger partial charge in [0.1, 0.15) is 29.6 Å². The fourth-order valence-electron chi connectivity index (χ4n) is 3.06. The Morgan fingerprint density at radius 2 is 2.17 bits per heavy atom. The number of hydrogen-bond donors (Lipinski definition) is 2. The first-order valence-electron chi connectivity index (χ1n) is 9.15. The topological polar surface area (TPSA) is 87.8 Å². The number of imidazole rings is 1. The van der Waals surface area contributed by atoms with Gasteiger partial charge in [-0.3, -0.25) is 4.79 Å². The second kappa shape index (κ2) is 7.92. The highest BCUT2D eigenvalue weighted by Crippen LogP contribution is 2.31. The lowest BCUT2D eigenvalue weighted by Gasteiger charge is -2.08. The molecule has 0 spiro atoms. The number of aliphatic imine (C=N–C) groups is 1. The van der Waals surface area contributed by atoms with Crippen molar-refractivity contribution < 1.29 is 14.5 Å². The number of pyridine rings is 1. The number of anilines is 1. The number of halogens is 1. The molecule has 9 heteroatoms. The summed E-state index contributed by atoms with van der Waals surface area (Å²) < 4.78 is 5.83. The zero-order valence-electron chi connectivity index (χ0n) is 15.8. The number of aryl methyl sites for hydroxylation is 2. The van der Waals surface area contributed by atoms with Gasteiger partial charge >= 0.3 is 0 Å². The van der Waals surface area contributed by atoms with Crippen molar-refractivity contribution >= 4 is 40.1 Å². The molecule has 0 fully saturated rings. The van der Waals surface area contributed by atoms with Gasteiger partial charge in [-0.1, -0.05) is 17.7 Å². The predicted octanol–water partition coefficient (Wildman–Crippen LogP) is 2.68. The molecule has 4 rings (SSSR count). The summed E-state index contributed by atoms with van der Waals surface area (Å²) in [4.78, 5) is 16.1. The maximum Gasteiger partial charge on any atom is 0.243 e. The van der Waals surface area contributed by atoms with Crippen molar-refractivity contribution in [3.05, 3.63) is 66.1 Å². The fourth-order valence-corrected chi connectivity index (χ4v) is 3.22. The van der Waals surface area contributed by atoms with E-state index in [0.717, 1.165) is 24.6 Å². The number of carbonyl (C=O) groups excluding carboxylic acids is 1. The second-order valence-electron chi connectivity index (χ2n) is 6.71. The van der Waals surface area contributed by atoms with Gasteiger partial charge in [0.15, 0.2) is 5.82 Å². The van der Waals surface area contributed by atoms with E-state index in [9.17, 15) is 9.90 Å². The molecule has 148 valence electrons. The number of hydrogen-bond acceptors (Lipinski definition) is 5. The Balaban J connectivity index is 1.58. The van der Waals surface area contributed by atoms with Crippen molar-refractivity contribution in [2.45, 2.75) is 13.0 Å². The van der Waals surface area contributed by atoms with Crippen molar-refractivity contribution in [1.29, 1.82) is 0 Å². The van der Waals surface area contributed by atoms with Crippen LogP contribution in [0.5, 0.6) is 0 Å². The number of aliphatic hydroxyl groups excluding tert-OH is 1. The summed E-state index contributed by atoms with van der Waals surface area (Å²) in [5, 5.41) is 18.0. The highest BCUT2D eigenvalue weighted by molar-refractivity contribution is 6.47. The van der Waals surface area contributed by atoms with E-state index >= 15 is 0 Å². The number of ketones is 1. The molecule has 0 aromatic carbocycles. The number of aliphatic hydroxyl groups is 1. The molecular weight excluding hydrogens is 392 g/mol. The van der Waals surface area contributed by atoms with Gasteiger partial charge in [-0.25, -0.2) is 18.6 Å². The van der Waals surface area contributed by atoms with Gasteiger partial charge < -0.3 is 10.4 Å². The molecule has 0 saturated carbocycles. The van der Waals surface area contributed by atoms with Crippen LogP contribution in [0.1, 0.15) is 6.42 Å². The number of allylic oxidation sites excluding steroid dienone is 3. The molecule has 3 heterocycles. The van der Waals surface area contributed by atoms with Gasteiger partial charge in [0.2, 0.25) is 12.1 Å². The van der Waals surface area contributed by atoms with Crippen LogP contribution in [0.15, 0.2) is 71.1 Å². The van der Waals surface area contributed by atoms with Gasteiger partial charge in [-0.2, -0.15) is 0 Å². The summed E-state index contributed by atoms with van der Waals surface area (Å²) in [6.07, 6.45) is 11.2. The standard InChI is InChI=1S/C20H19ClN6O2/c1-25-9-10-26(13-25)7-4-6-22-20-19(16-5-2-3-8-27(16)24-20)23-15-11-14(21)17(28)12-18(15)29/h2-3,5,8-13H,4,6-7H2,1H3,(H-,22,24,28,29)/p+1/b23-15+. The first-order valence-corrected chi connectivity index (χ1v) is 9.52. The molecule has 8 nitrogen and oxygen atoms in total. The minimum atomic E-state index is -0.445. The third-order valence-electron chi connectivity index (χ3n) is 4.48. The molecule has 3 aromatic rings. The molecule has 29 heavy (non-hydrogen) atoms. The highest BCUT2D eigenvalue weighted by Gasteiger charge is 2.19. The molecular formula is C20H20ClN6O2+. The molecule has 0 saturated heterocycles. The number of fused-ring (bicyclic) bond motifs is 1. The lowest BCUT2D eigenvalue weighted by molar-refractivity contribution is -0.671. The minimum Gasteiger partial charge on any atom is -0.506 e. The Bertz CT molecular complexity index is 1170. The smallest absolute Gasteiger partial charge is 0.243 e. The van der Waals surface area contributed by atoms with Crippen LogP contribution < -0.4 is 9.88 Å². The summed E-state index contributed by atoms with van der Waals surface area (Å²) in [6.45, 7) is 1.57. The third kappa shape index (κ3) is 4.07. The number of rotatable bonds is 6. The van der Waals surface area contributed by atoms with Crippen molar-refractivity contribution in [1.82, 2.24) is 14.2 Å². The average molecular weight is 412 g/mol. The normalized spacial score (nSPS) is 15.7. The Hall–Kier alpha value is -3.39. The Kier molecular flexibility index (Phi) is 5.18. The highest BCUT2D eigenvalue weighted by atomic mass is 35.5. The van der Waals surface area contributed by atoms with Crippen molar-refractivity contribution in [3.8, 4) is 0 Å². The van der Waals surface area contributed by atoms with Crippen LogP contribution in [0, 0.1) is 0 Å². The Morgan fingerprint density at radius 1 is 1.31 bits per heavy atom. The maximum atomic E-state index is 11.6. The zero-order chi connectivity index (χ0) is 20.4. The SMILES string of the molecule is C[n+]1ccn(CCCNc2nn3ccccc3c2/N=C2\C=C(Cl)C(=O)C=C2O)c1. The molecule has 1 aliphatic rings. The van der Waals surface area contributed by atoms with Gasteiger partial charge in [-0.05, 0) is 18.2 Å². The Labute approximate surface area is 172 Å². The van der Waals surface area contributed by atoms with E-state index in [1.807, 2.05) is 54.7 Å². The van der Waals surface area contributed by atoms with Crippen LogP contribution in [-0.2, 0) is 18.4 Å². The minimum absolute atomic E-state index is 0.00687. The van der Waals surface area contributed by atoms with Crippen LogP contribution >= 0.6 is 11.6 Å². The van der Waals surface area contributed by atoms with Gasteiger partial charge in [0.05, 0.1) is 24.1 Å². The van der Waals surface area contributed by atoms with E-state index in [1.54, 1.807) is 4.52 Å². The van der Waals surface area contributed by atoms with Crippen molar-refractivity contribution in [2.75, 3.05) is 11.9 Å². The quantitative estimate of drug-likeness (QED) is 0.371. The Morgan fingerprint density at radius 3 is 2.97 bits per heavy atom. The van der Waals surface area contributed by atoms with E-state index in [0.29, 0.717) is 18.1 Å². The van der Waals surface area contributed by atoms with Gasteiger partial charge in [-0.15, -0.1) is 5.10 Å². The molecule has 0 bridgehead atoms. The summed E-state index contributed by atoms with van der Waals surface area (Å²) in [7, 11) is 1.99. The molecule has 0 aliphatic heterocycles. The van der Waals surface area contributed by atoms with E-state index in [1.165, 1.54) is 6.08 Å². The second-order valence-corrected chi connectivity index (χ2v) is 7.12. The summed E-state index contributed by atoms with van der Waals surface area (Å²) >= 11 is 5.92. The fraction of sp³-hybridized carbons (Fsp3) is 0.200. The maximum absolute atomic E-state index is 11.6. The molecule has 1 aliphatic carbocycles. The third-order valence-corrected chi connectivity index (χ3v) is 4.78. The van der Waals surface area contributed by atoms with Crippen molar-refractivity contribution in [2.24, 2.45) is 12.0 Å². The van der Waals surface area contributed by atoms with Crippen LogP contribution in [0.3, 0.4) is 0 Å². The van der Waals surface area contributed by atoms with E-state index in [4.69, 9.17) is 11.6 Å². The van der Waals surface area contributed by atoms with Crippen LogP contribution in [0.4, 0.5) is 11.5 Å². The largest absolute Gasteiger partial charge is 0.506 e. The average Bonchev–Trinajstić information content (AvgIpc) is 3.27. The summed E-state index contributed by atoms with van der Waals surface area (Å²) in [5.74, 6) is -0.0724. The van der Waals surface area contributed by atoms with E-state index in [2.05, 4.69) is 20.0 Å². The van der Waals surface area contributed by atoms with Crippen LogP contribution in [0.25, 0.3) is 5.52 Å². The van der Waals surface area contributed by atoms with Crippen LogP contribution in [0.2, 0.25) is 0 Å². The van der Waals surface area contributed by atoms with E-state index in [-0.39, 0.29) is 16.5 Å². The molecule has 2 N–H and O–H groups in total. The summed E-state index contributed by atoms with van der Waals surface area (Å²) in [5.41, 5.74) is 1.56. The molecule has 0 radical (unpaired) electrons. The van der Waals surface area contributed by atoms with Gasteiger partial charge in [0, 0.05) is 25.2 Å². The first-order chi connectivity index (χ1) is 14.0. The molecule has 0 atom stereocenters. The summed E-state index contributed by atoms with van der Waals surface area (Å²) in [6, 6.07) is 5.65. The lowest BCUT2D eigenvalue weighted by atomic mass is 10.1. The number of nitrogens with zero attached hydrogens (tertiary/aromatic N) is 5. The number of carbonyl (C=O) groups is 1. The molecule has 3 aromatic heterocycles. The molecule has 0 amide bonds. The number of aromatic nitrogens is 4. The van der Waals surface area contributed by atoms with Crippen molar-refractivity contribution in [3.63, 3.8) is 0 Å². The van der Waals surface area contributed by atoms with Crippen LogP contribution in [-0.4, -0.2) is 37.3 Å². The molecule has 0 unspecified atom stereocenters. The lowest BCUT2D eigenvalue weighted by Crippen LogP contribution is -2.23.